The van der Waals surface area contributed by atoms with Gasteiger partial charge < -0.3 is 19.7 Å². The first kappa shape index (κ1) is 22.7. The Morgan fingerprint density at radius 3 is 2.50 bits per heavy atom. The van der Waals surface area contributed by atoms with Crippen LogP contribution in [0.3, 0.4) is 0 Å². The molecule has 2 aromatic carbocycles. The van der Waals surface area contributed by atoms with Crippen molar-refractivity contribution in [1.82, 2.24) is 5.32 Å². The van der Waals surface area contributed by atoms with E-state index in [0.717, 1.165) is 12.1 Å². The van der Waals surface area contributed by atoms with Crippen LogP contribution in [0.4, 0.5) is 13.2 Å². The van der Waals surface area contributed by atoms with Crippen LogP contribution in [0.1, 0.15) is 23.6 Å². The van der Waals surface area contributed by atoms with Gasteiger partial charge in [-0.25, -0.2) is 0 Å². The Labute approximate surface area is 171 Å². The molecular weight excluding hydrogens is 403 g/mol. The SMILES string of the molecule is CNC(=O)C(=NOC)c1ccccc1CON=C(C)Oc1cccc(C(F)(F)F)c1. The van der Waals surface area contributed by atoms with Gasteiger partial charge in [-0.15, -0.1) is 0 Å². The fourth-order valence-corrected chi connectivity index (χ4v) is 2.42. The molecule has 30 heavy (non-hydrogen) atoms. The number of carbonyl (C=O) groups excluding carboxylic acids is 1. The Kier molecular flexibility index (Phi) is 7.79. The number of oxime groups is 2. The minimum Gasteiger partial charge on any atom is -0.440 e. The quantitative estimate of drug-likeness (QED) is 0.418. The molecule has 0 unspecified atom stereocenters. The Balaban J connectivity index is 2.10. The van der Waals surface area contributed by atoms with Crippen LogP contribution in [-0.4, -0.2) is 31.7 Å². The van der Waals surface area contributed by atoms with Crippen LogP contribution in [0.25, 0.3) is 0 Å². The summed E-state index contributed by atoms with van der Waals surface area (Å²) >= 11 is 0. The normalized spacial score (nSPS) is 12.3. The number of benzene rings is 2. The number of hydrogen-bond donors (Lipinski definition) is 1. The van der Waals surface area contributed by atoms with Crippen LogP contribution >= 0.6 is 0 Å². The van der Waals surface area contributed by atoms with Crippen molar-refractivity contribution < 1.29 is 32.4 Å². The van der Waals surface area contributed by atoms with E-state index < -0.39 is 17.6 Å². The van der Waals surface area contributed by atoms with E-state index in [1.165, 1.54) is 33.2 Å². The highest BCUT2D eigenvalue weighted by atomic mass is 19.4. The monoisotopic (exact) mass is 423 g/mol. The summed E-state index contributed by atoms with van der Waals surface area (Å²) in [5.41, 5.74) is 0.291. The van der Waals surface area contributed by atoms with Crippen molar-refractivity contribution in [2.45, 2.75) is 19.7 Å². The molecule has 1 amide bonds. The van der Waals surface area contributed by atoms with E-state index in [1.54, 1.807) is 24.3 Å². The van der Waals surface area contributed by atoms with Crippen LogP contribution in [0.15, 0.2) is 58.8 Å². The molecule has 0 fully saturated rings. The van der Waals surface area contributed by atoms with Gasteiger partial charge in [0.25, 0.3) is 5.91 Å². The molecule has 2 rings (SSSR count). The summed E-state index contributed by atoms with van der Waals surface area (Å²) in [7, 11) is 2.78. The van der Waals surface area contributed by atoms with Crippen LogP contribution in [0, 0.1) is 0 Å². The number of hydrogen-bond acceptors (Lipinski definition) is 6. The molecule has 2 aromatic rings. The van der Waals surface area contributed by atoms with Crippen LogP contribution in [0.2, 0.25) is 0 Å². The Hall–Kier alpha value is -3.56. The van der Waals surface area contributed by atoms with E-state index in [4.69, 9.17) is 14.4 Å². The molecule has 0 saturated heterocycles. The van der Waals surface area contributed by atoms with Crippen molar-refractivity contribution in [2.24, 2.45) is 10.3 Å². The number of likely N-dealkylation sites (N-methyl/N-ethyl adjacent to an activating group) is 1. The summed E-state index contributed by atoms with van der Waals surface area (Å²) in [6.45, 7) is 1.40. The number of rotatable bonds is 7. The van der Waals surface area contributed by atoms with Crippen molar-refractivity contribution >= 4 is 17.5 Å². The van der Waals surface area contributed by atoms with E-state index in [2.05, 4.69) is 15.6 Å². The number of nitrogens with one attached hydrogen (secondary N) is 1. The Morgan fingerprint density at radius 2 is 1.83 bits per heavy atom. The summed E-state index contributed by atoms with van der Waals surface area (Å²) in [5, 5.41) is 9.98. The second-order valence-corrected chi connectivity index (χ2v) is 5.87. The molecule has 10 heteroatoms. The lowest BCUT2D eigenvalue weighted by Crippen LogP contribution is -2.29. The molecule has 0 aliphatic carbocycles. The Morgan fingerprint density at radius 1 is 1.10 bits per heavy atom. The first-order valence-corrected chi connectivity index (χ1v) is 8.69. The number of nitrogens with zero attached hydrogens (tertiary/aromatic N) is 2. The van der Waals surface area contributed by atoms with Gasteiger partial charge in [0, 0.05) is 25.1 Å². The van der Waals surface area contributed by atoms with Crippen molar-refractivity contribution in [3.05, 3.63) is 65.2 Å². The average Bonchev–Trinajstić information content (AvgIpc) is 2.71. The smallest absolute Gasteiger partial charge is 0.416 e. The Bertz CT molecular complexity index is 943. The van der Waals surface area contributed by atoms with Gasteiger partial charge in [-0.2, -0.15) is 13.2 Å². The number of amides is 1. The minimum atomic E-state index is -4.48. The van der Waals surface area contributed by atoms with Gasteiger partial charge in [0.15, 0.2) is 5.71 Å². The molecule has 160 valence electrons. The average molecular weight is 423 g/mol. The van der Waals surface area contributed by atoms with Gasteiger partial charge in [0.2, 0.25) is 5.90 Å². The molecular formula is C20H20F3N3O4. The first-order chi connectivity index (χ1) is 14.3. The lowest BCUT2D eigenvalue weighted by Gasteiger charge is -2.11. The number of alkyl halides is 3. The third-order valence-corrected chi connectivity index (χ3v) is 3.74. The third-order valence-electron chi connectivity index (χ3n) is 3.74. The van der Waals surface area contributed by atoms with Crippen LogP contribution in [0.5, 0.6) is 5.75 Å². The number of carbonyl (C=O) groups is 1. The van der Waals surface area contributed by atoms with Gasteiger partial charge >= 0.3 is 6.18 Å². The molecule has 0 saturated carbocycles. The van der Waals surface area contributed by atoms with Crippen LogP contribution in [-0.2, 0) is 27.3 Å². The first-order valence-electron chi connectivity index (χ1n) is 8.69. The largest absolute Gasteiger partial charge is 0.440 e. The van der Waals surface area contributed by atoms with Crippen molar-refractivity contribution in [3.8, 4) is 5.75 Å². The topological polar surface area (TPSA) is 81.5 Å². The molecule has 0 aliphatic heterocycles. The fourth-order valence-electron chi connectivity index (χ4n) is 2.42. The molecule has 0 aliphatic rings. The molecule has 0 bridgehead atoms. The number of halogens is 3. The predicted molar refractivity (Wildman–Crippen MR) is 104 cm³/mol. The van der Waals surface area contributed by atoms with Gasteiger partial charge in [-0.1, -0.05) is 40.6 Å². The lowest BCUT2D eigenvalue weighted by atomic mass is 10.0. The van der Waals surface area contributed by atoms with Crippen molar-refractivity contribution in [1.29, 1.82) is 0 Å². The van der Waals surface area contributed by atoms with Gasteiger partial charge in [-0.05, 0) is 18.2 Å². The molecule has 0 heterocycles. The van der Waals surface area contributed by atoms with E-state index in [9.17, 15) is 18.0 Å². The van der Waals surface area contributed by atoms with Gasteiger partial charge in [0.05, 0.1) is 5.56 Å². The predicted octanol–water partition coefficient (Wildman–Crippen LogP) is 3.73. The highest BCUT2D eigenvalue weighted by Gasteiger charge is 2.30. The summed E-state index contributed by atoms with van der Waals surface area (Å²) in [6, 6.07) is 11.3. The van der Waals surface area contributed by atoms with E-state index in [0.29, 0.717) is 11.1 Å². The molecule has 0 spiro atoms. The summed E-state index contributed by atoms with van der Waals surface area (Å²) in [4.78, 5) is 22.0. The maximum atomic E-state index is 12.8. The van der Waals surface area contributed by atoms with Gasteiger partial charge in [0.1, 0.15) is 19.5 Å². The lowest BCUT2D eigenvalue weighted by molar-refractivity contribution is -0.137. The highest BCUT2D eigenvalue weighted by molar-refractivity contribution is 6.45. The van der Waals surface area contributed by atoms with E-state index >= 15 is 0 Å². The van der Waals surface area contributed by atoms with Gasteiger partial charge in [-0.3, -0.25) is 4.79 Å². The second-order valence-electron chi connectivity index (χ2n) is 5.87. The summed E-state index contributed by atoms with van der Waals surface area (Å²) in [5.74, 6) is -0.468. The number of ether oxygens (including phenoxy) is 1. The second kappa shape index (κ2) is 10.3. The molecule has 1 N–H and O–H groups in total. The summed E-state index contributed by atoms with van der Waals surface area (Å²) in [6.07, 6.45) is -4.48. The molecule has 0 radical (unpaired) electrons. The highest BCUT2D eigenvalue weighted by Crippen LogP contribution is 2.31. The zero-order chi connectivity index (χ0) is 22.1. The molecule has 0 atom stereocenters. The maximum Gasteiger partial charge on any atom is 0.416 e. The zero-order valence-electron chi connectivity index (χ0n) is 16.5. The maximum absolute atomic E-state index is 12.8. The van der Waals surface area contributed by atoms with E-state index in [1.807, 2.05) is 0 Å². The van der Waals surface area contributed by atoms with Crippen molar-refractivity contribution in [3.63, 3.8) is 0 Å². The standard InChI is InChI=1S/C20H20F3N3O4/c1-13(30-16-9-6-8-15(11-16)20(21,22)23)25-29-12-14-7-4-5-10-17(14)18(26-28-3)19(27)24-2/h4-11H,12H2,1-3H3,(H,24,27). The molecule has 7 nitrogen and oxygen atoms in total. The zero-order valence-corrected chi connectivity index (χ0v) is 16.5. The molecule has 0 aromatic heterocycles. The third kappa shape index (κ3) is 6.23. The van der Waals surface area contributed by atoms with E-state index in [-0.39, 0.29) is 24.0 Å². The summed E-state index contributed by atoms with van der Waals surface area (Å²) < 4.78 is 43.6. The minimum absolute atomic E-state index is 0.00360. The van der Waals surface area contributed by atoms with Crippen molar-refractivity contribution in [2.75, 3.05) is 14.2 Å². The van der Waals surface area contributed by atoms with Crippen LogP contribution < -0.4 is 10.1 Å². The fraction of sp³-hybridized carbons (Fsp3) is 0.250.